The van der Waals surface area contributed by atoms with Gasteiger partial charge < -0.3 is 10.6 Å². The lowest BCUT2D eigenvalue weighted by molar-refractivity contribution is -0.148. The first-order chi connectivity index (χ1) is 11.0. The van der Waals surface area contributed by atoms with Crippen molar-refractivity contribution in [3.05, 3.63) is 28.9 Å². The van der Waals surface area contributed by atoms with E-state index in [9.17, 15) is 9.59 Å². The minimum atomic E-state index is -0.229. The third-order valence-electron chi connectivity index (χ3n) is 4.09. The van der Waals surface area contributed by atoms with E-state index in [2.05, 4.69) is 11.1 Å². The Kier molecular flexibility index (Phi) is 4.59. The highest BCUT2D eigenvalue weighted by Crippen LogP contribution is 2.43. The van der Waals surface area contributed by atoms with E-state index in [0.717, 1.165) is 17.9 Å². The van der Waals surface area contributed by atoms with Gasteiger partial charge in [0.2, 0.25) is 5.91 Å². The topological polar surface area (TPSA) is 76.3 Å². The van der Waals surface area contributed by atoms with Gasteiger partial charge in [0.05, 0.1) is 17.0 Å². The van der Waals surface area contributed by atoms with E-state index in [4.69, 9.17) is 5.73 Å². The molecule has 2 aliphatic heterocycles. The fourth-order valence-electron chi connectivity index (χ4n) is 2.93. The zero-order valence-electron chi connectivity index (χ0n) is 13.1. The maximum Gasteiger partial charge on any atom is 0.234 e. The number of nitrogens with two attached hydrogens (primary N) is 1. The number of allylic oxidation sites excluding steroid dienone is 3. The second kappa shape index (κ2) is 6.49. The summed E-state index contributed by atoms with van der Waals surface area (Å²) < 4.78 is 0. The van der Waals surface area contributed by atoms with Crippen molar-refractivity contribution in [2.75, 3.05) is 11.5 Å². The van der Waals surface area contributed by atoms with Crippen molar-refractivity contribution in [3.8, 4) is 0 Å². The van der Waals surface area contributed by atoms with Crippen LogP contribution < -0.4 is 5.73 Å². The van der Waals surface area contributed by atoms with E-state index in [-0.39, 0.29) is 29.4 Å². The number of amides is 1. The van der Waals surface area contributed by atoms with Crippen molar-refractivity contribution >= 4 is 45.5 Å². The number of carbonyl (C=O) groups is 2. The van der Waals surface area contributed by atoms with E-state index in [0.29, 0.717) is 16.4 Å². The van der Waals surface area contributed by atoms with Gasteiger partial charge in [-0.15, -0.1) is 23.1 Å². The molecule has 0 unspecified atom stereocenters. The molecule has 0 saturated carbocycles. The summed E-state index contributed by atoms with van der Waals surface area (Å²) in [4.78, 5) is 31.1. The molecule has 0 radical (unpaired) electrons. The lowest BCUT2D eigenvalue weighted by Crippen LogP contribution is -2.59. The van der Waals surface area contributed by atoms with E-state index in [1.165, 1.54) is 11.3 Å². The largest absolute Gasteiger partial charge is 0.375 e. The van der Waals surface area contributed by atoms with Gasteiger partial charge in [-0.25, -0.2) is 4.98 Å². The lowest BCUT2D eigenvalue weighted by atomic mass is 9.88. The second-order valence-corrected chi connectivity index (χ2v) is 7.65. The standard InChI is InChI=1S/C16H19N3O2S2/c1-3-4-10(12-8-23-16(17)18-12)13(20)7-11-14(21)19-9(2)5-6-22-15(11)19/h4-5,8,11,15H,3,6-7H2,1-2H3,(H2,17,18)/b10-4-/t11-,15-/m1/s1. The van der Waals surface area contributed by atoms with Crippen LogP contribution in [0.25, 0.3) is 5.57 Å². The highest BCUT2D eigenvalue weighted by atomic mass is 32.2. The number of nitrogens with zero attached hydrogens (tertiary/aromatic N) is 2. The maximum absolute atomic E-state index is 12.7. The number of thioether (sulfide) groups is 1. The normalized spacial score (nSPS) is 24.1. The molecular formula is C16H19N3O2S2. The summed E-state index contributed by atoms with van der Waals surface area (Å²) in [6, 6.07) is 0. The van der Waals surface area contributed by atoms with E-state index in [1.54, 1.807) is 22.0 Å². The first-order valence-corrected chi connectivity index (χ1v) is 9.52. The van der Waals surface area contributed by atoms with Crippen LogP contribution in [0, 0.1) is 5.92 Å². The average Bonchev–Trinajstić information content (AvgIpc) is 2.95. The Morgan fingerprint density at radius 2 is 2.35 bits per heavy atom. The smallest absolute Gasteiger partial charge is 0.234 e. The van der Waals surface area contributed by atoms with Crippen LogP contribution in [-0.4, -0.2) is 32.7 Å². The van der Waals surface area contributed by atoms with Gasteiger partial charge in [-0.3, -0.25) is 9.59 Å². The number of thiazole rings is 1. The quantitative estimate of drug-likeness (QED) is 0.653. The number of aromatic nitrogens is 1. The summed E-state index contributed by atoms with van der Waals surface area (Å²) in [5, 5.41) is 2.34. The predicted octanol–water partition coefficient (Wildman–Crippen LogP) is 2.91. The first kappa shape index (κ1) is 16.3. The Labute approximate surface area is 143 Å². The van der Waals surface area contributed by atoms with Gasteiger partial charge in [0.25, 0.3) is 0 Å². The molecule has 5 nitrogen and oxygen atoms in total. The molecule has 0 aromatic carbocycles. The average molecular weight is 349 g/mol. The Hall–Kier alpha value is -1.60. The zero-order valence-corrected chi connectivity index (χ0v) is 14.7. The number of nitrogen functional groups attached to an aromatic ring is 1. The number of hydrogen-bond donors (Lipinski definition) is 1. The molecule has 1 fully saturated rings. The number of β-lactam (4-membered cyclic amide) rings is 1. The molecule has 3 rings (SSSR count). The van der Waals surface area contributed by atoms with Crippen LogP contribution in [0.15, 0.2) is 23.2 Å². The number of rotatable bonds is 5. The Balaban J connectivity index is 1.75. The summed E-state index contributed by atoms with van der Waals surface area (Å²) in [6.07, 6.45) is 4.90. The highest BCUT2D eigenvalue weighted by molar-refractivity contribution is 8.00. The van der Waals surface area contributed by atoms with Crippen LogP contribution in [0.1, 0.15) is 32.4 Å². The number of Topliss-reactive ketones (excluding diaryl/α,β-unsaturated/α-hetero) is 1. The van der Waals surface area contributed by atoms with Crippen LogP contribution in [0.3, 0.4) is 0 Å². The summed E-state index contributed by atoms with van der Waals surface area (Å²) >= 11 is 3.04. The van der Waals surface area contributed by atoms with Gasteiger partial charge >= 0.3 is 0 Å². The Morgan fingerprint density at radius 1 is 1.57 bits per heavy atom. The number of ketones is 1. The van der Waals surface area contributed by atoms with Gasteiger partial charge in [0.1, 0.15) is 0 Å². The molecule has 1 saturated heterocycles. The second-order valence-electron chi connectivity index (χ2n) is 5.61. The van der Waals surface area contributed by atoms with E-state index >= 15 is 0 Å². The summed E-state index contributed by atoms with van der Waals surface area (Å²) in [7, 11) is 0. The molecule has 0 aliphatic carbocycles. The van der Waals surface area contributed by atoms with Crippen LogP contribution in [0.2, 0.25) is 0 Å². The SMILES string of the molecule is CC/C=C(\C(=O)C[C@@H]1C(=O)N2C(C)=CCS[C@H]12)c1csc(N)n1. The number of hydrogen-bond acceptors (Lipinski definition) is 6. The lowest BCUT2D eigenvalue weighted by Gasteiger charge is -2.48. The number of carbonyl (C=O) groups excluding carboxylic acids is 2. The molecule has 0 spiro atoms. The fourth-order valence-corrected chi connectivity index (χ4v) is 4.89. The van der Waals surface area contributed by atoms with Crippen LogP contribution in [0.4, 0.5) is 5.13 Å². The maximum atomic E-state index is 12.7. The van der Waals surface area contributed by atoms with Gasteiger partial charge in [-0.1, -0.05) is 19.1 Å². The van der Waals surface area contributed by atoms with Crippen LogP contribution in [-0.2, 0) is 9.59 Å². The summed E-state index contributed by atoms with van der Waals surface area (Å²) in [5.74, 6) is 0.693. The van der Waals surface area contributed by atoms with Crippen molar-refractivity contribution in [1.29, 1.82) is 0 Å². The molecule has 2 aliphatic rings. The van der Waals surface area contributed by atoms with Crippen molar-refractivity contribution < 1.29 is 9.59 Å². The third-order valence-corrected chi connectivity index (χ3v) is 6.00. The monoisotopic (exact) mass is 349 g/mol. The molecule has 1 aromatic rings. The van der Waals surface area contributed by atoms with Gasteiger partial charge in [-0.2, -0.15) is 0 Å². The molecule has 7 heteroatoms. The van der Waals surface area contributed by atoms with Crippen LogP contribution >= 0.6 is 23.1 Å². The Morgan fingerprint density at radius 3 is 3.00 bits per heavy atom. The Bertz CT molecular complexity index is 708. The predicted molar refractivity (Wildman–Crippen MR) is 94.8 cm³/mol. The molecule has 1 aromatic heterocycles. The summed E-state index contributed by atoms with van der Waals surface area (Å²) in [6.45, 7) is 3.92. The van der Waals surface area contributed by atoms with Crippen molar-refractivity contribution in [1.82, 2.24) is 9.88 Å². The molecule has 0 bridgehead atoms. The third kappa shape index (κ3) is 2.95. The molecule has 122 valence electrons. The van der Waals surface area contributed by atoms with Crippen molar-refractivity contribution in [3.63, 3.8) is 0 Å². The van der Waals surface area contributed by atoms with Crippen LogP contribution in [0.5, 0.6) is 0 Å². The molecule has 2 atom stereocenters. The fraction of sp³-hybridized carbons (Fsp3) is 0.438. The summed E-state index contributed by atoms with van der Waals surface area (Å²) in [5.41, 5.74) is 7.88. The number of fused-ring (bicyclic) bond motifs is 1. The molecule has 1 amide bonds. The van der Waals surface area contributed by atoms with Crippen molar-refractivity contribution in [2.24, 2.45) is 5.92 Å². The molecule has 3 heterocycles. The minimum Gasteiger partial charge on any atom is -0.375 e. The van der Waals surface area contributed by atoms with E-state index in [1.807, 2.05) is 19.9 Å². The van der Waals surface area contributed by atoms with Gasteiger partial charge in [0, 0.05) is 28.8 Å². The molecular weight excluding hydrogens is 330 g/mol. The first-order valence-electron chi connectivity index (χ1n) is 7.59. The van der Waals surface area contributed by atoms with Gasteiger partial charge in [-0.05, 0) is 13.3 Å². The minimum absolute atomic E-state index is 0.0250. The highest BCUT2D eigenvalue weighted by Gasteiger charge is 2.50. The van der Waals surface area contributed by atoms with Gasteiger partial charge in [0.15, 0.2) is 10.9 Å². The molecule has 23 heavy (non-hydrogen) atoms. The van der Waals surface area contributed by atoms with Crippen molar-refractivity contribution in [2.45, 2.75) is 32.1 Å². The number of anilines is 1. The zero-order chi connectivity index (χ0) is 16.6. The molecule has 2 N–H and O–H groups in total. The van der Waals surface area contributed by atoms with E-state index < -0.39 is 0 Å².